The van der Waals surface area contributed by atoms with Crippen LogP contribution in [0.3, 0.4) is 0 Å². The number of Topliss-reactive ketones (excluding diaryl/α,β-unsaturated/α-hetero) is 2. The Morgan fingerprint density at radius 2 is 1.10 bits per heavy atom. The fraction of sp³-hybridized carbons (Fsp3) is 0.532. The lowest BCUT2D eigenvalue weighted by atomic mass is 9.97. The average molecular weight is 811 g/mol. The molecule has 4 aliphatic rings. The summed E-state index contributed by atoms with van der Waals surface area (Å²) >= 11 is 0. The van der Waals surface area contributed by atoms with E-state index in [1.165, 1.54) is 9.80 Å². The average Bonchev–Trinajstić information content (AvgIpc) is 3.96. The summed E-state index contributed by atoms with van der Waals surface area (Å²) in [5.74, 6) is -1.52. The Balaban J connectivity index is 1.04. The largest absolute Gasteiger partial charge is 0.456 e. The highest BCUT2D eigenvalue weighted by atomic mass is 16.6. The molecular formula is C47H58N2O10. The van der Waals surface area contributed by atoms with Gasteiger partial charge in [0.05, 0.1) is 0 Å². The maximum atomic E-state index is 13.3. The van der Waals surface area contributed by atoms with Crippen LogP contribution in [0.5, 0.6) is 0 Å². The zero-order valence-corrected chi connectivity index (χ0v) is 35.4. The van der Waals surface area contributed by atoms with Crippen LogP contribution in [0.1, 0.15) is 130 Å². The fourth-order valence-corrected chi connectivity index (χ4v) is 9.07. The molecule has 2 saturated heterocycles. The number of rotatable bonds is 11. The number of fused-ring (bicyclic) bond motifs is 2. The monoisotopic (exact) mass is 810 g/mol. The third-order valence-corrected chi connectivity index (χ3v) is 11.8. The fourth-order valence-electron chi connectivity index (χ4n) is 9.07. The molecule has 12 nitrogen and oxygen atoms in total. The molecular weight excluding hydrogens is 753 g/mol. The van der Waals surface area contributed by atoms with Crippen molar-refractivity contribution in [1.29, 1.82) is 0 Å². The molecule has 0 unspecified atom stereocenters. The van der Waals surface area contributed by atoms with E-state index in [-0.39, 0.29) is 35.5 Å². The first-order valence-electron chi connectivity index (χ1n) is 20.8. The number of likely N-dealkylation sites (tertiary alicyclic amines) is 2. The van der Waals surface area contributed by atoms with E-state index in [9.17, 15) is 28.8 Å². The van der Waals surface area contributed by atoms with Crippen LogP contribution >= 0.6 is 0 Å². The van der Waals surface area contributed by atoms with Gasteiger partial charge in [-0.25, -0.2) is 19.2 Å². The van der Waals surface area contributed by atoms with Crippen LogP contribution in [0.25, 0.3) is 11.6 Å². The third kappa shape index (κ3) is 10.1. The zero-order valence-electron chi connectivity index (χ0n) is 35.4. The molecule has 2 aromatic carbocycles. The molecule has 0 bridgehead atoms. The minimum Gasteiger partial charge on any atom is -0.456 e. The standard InChI is InChI=1S/C47H58N2O10/c1-9-29(30-16-18-31(19-17-30)40(50)26-56-42(52)38-24-33-12-10-14-36(33)48(38)44(54)58-46(3,4)5)23-32-20-21-35(22-28(32)2)41(51)27-57-43(53)39-25-34-13-11-15-37(34)49(39)45(55)59-47(6,7)8/h9,16-23,33-34,36-39H,1,10-15,24-27H2,2-8H3/b29-23+/t33-,34-,36-,37-,38-,39-/m0/s1. The van der Waals surface area contributed by atoms with Crippen LogP contribution in [-0.4, -0.2) is 94.1 Å². The first-order valence-corrected chi connectivity index (χ1v) is 20.8. The molecule has 316 valence electrons. The lowest BCUT2D eigenvalue weighted by molar-refractivity contribution is -0.148. The van der Waals surface area contributed by atoms with Gasteiger partial charge in [0, 0.05) is 23.2 Å². The first kappa shape index (κ1) is 43.3. The highest BCUT2D eigenvalue weighted by molar-refractivity contribution is 6.00. The normalized spacial score (nSPS) is 23.9. The third-order valence-electron chi connectivity index (χ3n) is 11.8. The van der Waals surface area contributed by atoms with Gasteiger partial charge in [-0.1, -0.05) is 61.9 Å². The van der Waals surface area contributed by atoms with E-state index in [1.54, 1.807) is 84.0 Å². The van der Waals surface area contributed by atoms with Crippen LogP contribution in [0.15, 0.2) is 55.1 Å². The summed E-state index contributed by atoms with van der Waals surface area (Å²) in [7, 11) is 0. The summed E-state index contributed by atoms with van der Waals surface area (Å²) < 4.78 is 22.3. The maximum Gasteiger partial charge on any atom is 0.411 e. The summed E-state index contributed by atoms with van der Waals surface area (Å²) in [5.41, 5.74) is 2.55. The summed E-state index contributed by atoms with van der Waals surface area (Å²) in [6.45, 7) is 15.7. The molecule has 4 fully saturated rings. The molecule has 2 heterocycles. The number of aryl methyl sites for hydroxylation is 1. The van der Waals surface area contributed by atoms with E-state index >= 15 is 0 Å². The van der Waals surface area contributed by atoms with E-state index < -0.39 is 60.6 Å². The quantitative estimate of drug-likeness (QED) is 0.0712. The van der Waals surface area contributed by atoms with Gasteiger partial charge >= 0.3 is 24.1 Å². The van der Waals surface area contributed by atoms with Crippen LogP contribution in [0.4, 0.5) is 9.59 Å². The summed E-state index contributed by atoms with van der Waals surface area (Å²) in [6.07, 6.45) is 9.01. The van der Waals surface area contributed by atoms with Crippen LogP contribution in [0.2, 0.25) is 0 Å². The Morgan fingerprint density at radius 3 is 1.54 bits per heavy atom. The molecule has 12 heteroatoms. The number of ketones is 2. The molecule has 2 aromatic rings. The van der Waals surface area contributed by atoms with Gasteiger partial charge in [0.15, 0.2) is 24.8 Å². The Kier molecular flexibility index (Phi) is 12.9. The number of nitrogens with zero attached hydrogens (tertiary/aromatic N) is 2. The van der Waals surface area contributed by atoms with Crippen LogP contribution in [0, 0.1) is 18.8 Å². The van der Waals surface area contributed by atoms with Crippen molar-refractivity contribution in [3.63, 3.8) is 0 Å². The molecule has 0 N–H and O–H groups in total. The molecule has 6 rings (SSSR count). The highest BCUT2D eigenvalue weighted by Crippen LogP contribution is 2.43. The van der Waals surface area contributed by atoms with E-state index in [1.807, 2.05) is 19.1 Å². The van der Waals surface area contributed by atoms with Crippen molar-refractivity contribution >= 4 is 47.3 Å². The molecule has 2 aliphatic carbocycles. The number of benzene rings is 2. The molecule has 0 aromatic heterocycles. The second-order valence-electron chi connectivity index (χ2n) is 18.3. The van der Waals surface area contributed by atoms with Crippen molar-refractivity contribution in [3.05, 3.63) is 82.9 Å². The van der Waals surface area contributed by atoms with Crippen molar-refractivity contribution in [1.82, 2.24) is 9.80 Å². The van der Waals surface area contributed by atoms with Crippen LogP contribution < -0.4 is 0 Å². The van der Waals surface area contributed by atoms with Gasteiger partial charge in [-0.15, -0.1) is 0 Å². The number of carbonyl (C=O) groups is 6. The Bertz CT molecular complexity index is 2000. The predicted molar refractivity (Wildman–Crippen MR) is 221 cm³/mol. The summed E-state index contributed by atoms with van der Waals surface area (Å²) in [4.78, 5) is 82.1. The summed E-state index contributed by atoms with van der Waals surface area (Å²) in [5, 5.41) is 0. The predicted octanol–water partition coefficient (Wildman–Crippen LogP) is 8.53. The van der Waals surface area contributed by atoms with Crippen molar-refractivity contribution in [2.45, 2.75) is 135 Å². The van der Waals surface area contributed by atoms with E-state index in [0.29, 0.717) is 24.0 Å². The van der Waals surface area contributed by atoms with Crippen molar-refractivity contribution < 1.29 is 47.7 Å². The van der Waals surface area contributed by atoms with E-state index in [2.05, 4.69) is 6.58 Å². The van der Waals surface area contributed by atoms with Gasteiger partial charge in [-0.05, 0) is 133 Å². The second kappa shape index (κ2) is 17.5. The van der Waals surface area contributed by atoms with Gasteiger partial charge in [0.2, 0.25) is 0 Å². The molecule has 2 saturated carbocycles. The smallest absolute Gasteiger partial charge is 0.411 e. The van der Waals surface area contributed by atoms with E-state index in [0.717, 1.165) is 60.8 Å². The van der Waals surface area contributed by atoms with Gasteiger partial charge in [-0.3, -0.25) is 19.4 Å². The Hall–Kier alpha value is -5.26. The minimum atomic E-state index is -0.788. The SMILES string of the molecule is C=C/C(=C\c1ccc(C(=O)COC(=O)[C@@H]2C[C@@H]3CCC[C@@H]3N2C(=O)OC(C)(C)C)cc1C)c1ccc(C(=O)COC(=O)[C@@H]2C[C@@H]3CCC[C@@H]3N2C(=O)OC(C)(C)C)cc1. The number of carbonyl (C=O) groups excluding carboxylic acids is 6. The number of ether oxygens (including phenoxy) is 4. The highest BCUT2D eigenvalue weighted by Gasteiger charge is 2.52. The zero-order chi connectivity index (χ0) is 42.8. The molecule has 2 amide bonds. The summed E-state index contributed by atoms with van der Waals surface area (Å²) in [6, 6.07) is 10.4. The second-order valence-corrected chi connectivity index (χ2v) is 18.3. The van der Waals surface area contributed by atoms with Crippen molar-refractivity contribution in [2.75, 3.05) is 13.2 Å². The minimum absolute atomic E-state index is 0.0680. The van der Waals surface area contributed by atoms with Crippen molar-refractivity contribution in [2.24, 2.45) is 11.8 Å². The van der Waals surface area contributed by atoms with Gasteiger partial charge < -0.3 is 18.9 Å². The number of amides is 2. The molecule has 6 atom stereocenters. The topological polar surface area (TPSA) is 146 Å². The molecule has 2 aliphatic heterocycles. The number of hydrogen-bond donors (Lipinski definition) is 0. The van der Waals surface area contributed by atoms with Gasteiger partial charge in [-0.2, -0.15) is 0 Å². The molecule has 0 spiro atoms. The lowest BCUT2D eigenvalue weighted by Crippen LogP contribution is -2.47. The van der Waals surface area contributed by atoms with Crippen LogP contribution in [-0.2, 0) is 28.5 Å². The van der Waals surface area contributed by atoms with Gasteiger partial charge in [0.1, 0.15) is 23.3 Å². The number of hydrogen-bond acceptors (Lipinski definition) is 10. The van der Waals surface area contributed by atoms with E-state index in [4.69, 9.17) is 18.9 Å². The number of allylic oxidation sites excluding steroid dienone is 2. The lowest BCUT2D eigenvalue weighted by Gasteiger charge is -2.31. The molecule has 0 radical (unpaired) electrons. The maximum absolute atomic E-state index is 13.3. The Morgan fingerprint density at radius 1 is 0.661 bits per heavy atom. The van der Waals surface area contributed by atoms with Crippen molar-refractivity contribution in [3.8, 4) is 0 Å². The van der Waals surface area contributed by atoms with Gasteiger partial charge in [0.25, 0.3) is 0 Å². The Labute approximate surface area is 347 Å². The first-order chi connectivity index (χ1) is 27.8. The number of esters is 2. The molecule has 59 heavy (non-hydrogen) atoms.